The first-order valence-corrected chi connectivity index (χ1v) is 5.67. The van der Waals surface area contributed by atoms with Gasteiger partial charge in [-0.15, -0.1) is 0 Å². The molecule has 2 rings (SSSR count). The van der Waals surface area contributed by atoms with E-state index in [-0.39, 0.29) is 5.78 Å². The Morgan fingerprint density at radius 1 is 1.44 bits per heavy atom. The third-order valence-corrected chi connectivity index (χ3v) is 3.31. The van der Waals surface area contributed by atoms with Gasteiger partial charge < -0.3 is 4.57 Å². The molecule has 1 aromatic carbocycles. The zero-order valence-electron chi connectivity index (χ0n) is 9.07. The van der Waals surface area contributed by atoms with Gasteiger partial charge in [-0.25, -0.2) is 4.98 Å². The van der Waals surface area contributed by atoms with Crippen LogP contribution >= 0.6 is 15.9 Å². The predicted octanol–water partition coefficient (Wildman–Crippen LogP) is 2.72. The zero-order chi connectivity index (χ0) is 11.7. The summed E-state index contributed by atoms with van der Waals surface area (Å²) in [6.45, 7) is 1.99. The number of aryl methyl sites for hydroxylation is 2. The van der Waals surface area contributed by atoms with Crippen LogP contribution in [0.15, 0.2) is 35.1 Å². The Morgan fingerprint density at radius 3 is 2.75 bits per heavy atom. The fraction of sp³-hybridized carbons (Fsp3) is 0.167. The number of benzene rings is 1. The third kappa shape index (κ3) is 1.93. The minimum atomic E-state index is -0.0619. The molecule has 0 atom stereocenters. The van der Waals surface area contributed by atoms with E-state index in [1.54, 1.807) is 17.0 Å². The van der Waals surface area contributed by atoms with Crippen LogP contribution in [0.1, 0.15) is 21.7 Å². The number of imidazole rings is 1. The molecule has 3 nitrogen and oxygen atoms in total. The second-order valence-corrected chi connectivity index (χ2v) is 4.51. The number of nitrogens with zero attached hydrogens (tertiary/aromatic N) is 2. The number of ketones is 1. The molecule has 2 aromatic rings. The lowest BCUT2D eigenvalue weighted by Crippen LogP contribution is -2.08. The number of halogens is 1. The molecule has 0 spiro atoms. The van der Waals surface area contributed by atoms with Crippen LogP contribution in [0.5, 0.6) is 0 Å². The molecule has 1 heterocycles. The Labute approximate surface area is 102 Å². The van der Waals surface area contributed by atoms with Crippen LogP contribution in [-0.4, -0.2) is 15.3 Å². The van der Waals surface area contributed by atoms with E-state index in [0.29, 0.717) is 11.4 Å². The first-order valence-electron chi connectivity index (χ1n) is 4.88. The Kier molecular flexibility index (Phi) is 2.92. The minimum absolute atomic E-state index is 0.0619. The number of carbonyl (C=O) groups excluding carboxylic acids is 1. The summed E-state index contributed by atoms with van der Waals surface area (Å²) in [5, 5.41) is 0. The minimum Gasteiger partial charge on any atom is -0.331 e. The van der Waals surface area contributed by atoms with E-state index in [1.165, 1.54) is 0 Å². The van der Waals surface area contributed by atoms with Crippen molar-refractivity contribution in [3.05, 3.63) is 52.0 Å². The Morgan fingerprint density at radius 2 is 2.19 bits per heavy atom. The van der Waals surface area contributed by atoms with E-state index >= 15 is 0 Å². The van der Waals surface area contributed by atoms with Crippen LogP contribution in [0.3, 0.4) is 0 Å². The first kappa shape index (κ1) is 11.1. The molecule has 0 saturated heterocycles. The second kappa shape index (κ2) is 4.22. The summed E-state index contributed by atoms with van der Waals surface area (Å²) < 4.78 is 2.66. The van der Waals surface area contributed by atoms with Crippen LogP contribution in [0.25, 0.3) is 0 Å². The smallest absolute Gasteiger partial charge is 0.228 e. The van der Waals surface area contributed by atoms with Crippen molar-refractivity contribution in [2.24, 2.45) is 7.05 Å². The van der Waals surface area contributed by atoms with E-state index in [0.717, 1.165) is 10.0 Å². The highest BCUT2D eigenvalue weighted by Gasteiger charge is 2.14. The van der Waals surface area contributed by atoms with Gasteiger partial charge in [-0.2, -0.15) is 0 Å². The van der Waals surface area contributed by atoms with Crippen LogP contribution in [-0.2, 0) is 7.05 Å². The second-order valence-electron chi connectivity index (χ2n) is 3.65. The van der Waals surface area contributed by atoms with Crippen molar-refractivity contribution in [3.8, 4) is 0 Å². The van der Waals surface area contributed by atoms with Crippen molar-refractivity contribution in [1.82, 2.24) is 9.55 Å². The zero-order valence-corrected chi connectivity index (χ0v) is 10.7. The summed E-state index contributed by atoms with van der Waals surface area (Å²) in [5.41, 5.74) is 1.75. The summed E-state index contributed by atoms with van der Waals surface area (Å²) in [6, 6.07) is 5.56. The largest absolute Gasteiger partial charge is 0.331 e. The summed E-state index contributed by atoms with van der Waals surface area (Å²) in [6.07, 6.45) is 3.38. The van der Waals surface area contributed by atoms with E-state index in [1.807, 2.05) is 32.2 Å². The molecule has 16 heavy (non-hydrogen) atoms. The van der Waals surface area contributed by atoms with E-state index < -0.39 is 0 Å². The molecule has 0 unspecified atom stereocenters. The molecule has 0 aliphatic heterocycles. The molecule has 0 aliphatic rings. The molecular weight excluding hydrogens is 268 g/mol. The number of hydrogen-bond donors (Lipinski definition) is 0. The molecular formula is C12H11BrN2O. The van der Waals surface area contributed by atoms with Gasteiger partial charge in [-0.05, 0) is 18.6 Å². The number of rotatable bonds is 2. The van der Waals surface area contributed by atoms with Gasteiger partial charge in [0.25, 0.3) is 0 Å². The molecule has 4 heteroatoms. The molecule has 0 fully saturated rings. The van der Waals surface area contributed by atoms with Gasteiger partial charge in [0.15, 0.2) is 5.82 Å². The molecule has 0 saturated carbocycles. The quantitative estimate of drug-likeness (QED) is 0.792. The SMILES string of the molecule is Cc1ccc(C(=O)c2nccn2C)cc1Br. The maximum Gasteiger partial charge on any atom is 0.228 e. The van der Waals surface area contributed by atoms with Crippen LogP contribution in [0, 0.1) is 6.92 Å². The number of aromatic nitrogens is 2. The monoisotopic (exact) mass is 278 g/mol. The Hall–Kier alpha value is -1.42. The third-order valence-electron chi connectivity index (χ3n) is 2.46. The van der Waals surface area contributed by atoms with Gasteiger partial charge in [-0.3, -0.25) is 4.79 Å². The van der Waals surface area contributed by atoms with Crippen LogP contribution in [0.2, 0.25) is 0 Å². The number of hydrogen-bond acceptors (Lipinski definition) is 2. The molecule has 0 N–H and O–H groups in total. The highest BCUT2D eigenvalue weighted by molar-refractivity contribution is 9.10. The van der Waals surface area contributed by atoms with Crippen molar-refractivity contribution >= 4 is 21.7 Å². The average molecular weight is 279 g/mol. The summed E-state index contributed by atoms with van der Waals surface area (Å²) in [5.74, 6) is 0.393. The van der Waals surface area contributed by atoms with Crippen LogP contribution < -0.4 is 0 Å². The highest BCUT2D eigenvalue weighted by Crippen LogP contribution is 2.19. The Balaban J connectivity index is 2.42. The number of carbonyl (C=O) groups is 1. The molecule has 0 radical (unpaired) electrons. The van der Waals surface area contributed by atoms with Crippen LogP contribution in [0.4, 0.5) is 0 Å². The first-order chi connectivity index (χ1) is 7.59. The predicted molar refractivity (Wildman–Crippen MR) is 65.5 cm³/mol. The molecule has 1 aromatic heterocycles. The molecule has 0 amide bonds. The molecule has 82 valence electrons. The lowest BCUT2D eigenvalue weighted by atomic mass is 10.1. The summed E-state index contributed by atoms with van der Waals surface area (Å²) in [7, 11) is 1.81. The average Bonchev–Trinajstić information content (AvgIpc) is 2.67. The summed E-state index contributed by atoms with van der Waals surface area (Å²) in [4.78, 5) is 16.1. The topological polar surface area (TPSA) is 34.9 Å². The normalized spacial score (nSPS) is 10.4. The van der Waals surface area contributed by atoms with Crippen molar-refractivity contribution in [2.75, 3.05) is 0 Å². The highest BCUT2D eigenvalue weighted by atomic mass is 79.9. The van der Waals surface area contributed by atoms with Gasteiger partial charge in [0.05, 0.1) is 0 Å². The Bertz CT molecular complexity index is 546. The van der Waals surface area contributed by atoms with E-state index in [4.69, 9.17) is 0 Å². The van der Waals surface area contributed by atoms with Crippen molar-refractivity contribution in [2.45, 2.75) is 6.92 Å². The molecule has 0 bridgehead atoms. The van der Waals surface area contributed by atoms with Crippen molar-refractivity contribution in [3.63, 3.8) is 0 Å². The van der Waals surface area contributed by atoms with Gasteiger partial charge in [-0.1, -0.05) is 28.1 Å². The lowest BCUT2D eigenvalue weighted by Gasteiger charge is -2.03. The lowest BCUT2D eigenvalue weighted by molar-refractivity contribution is 0.102. The molecule has 0 aliphatic carbocycles. The maximum absolute atomic E-state index is 12.1. The van der Waals surface area contributed by atoms with Gasteiger partial charge in [0.2, 0.25) is 5.78 Å². The fourth-order valence-electron chi connectivity index (χ4n) is 1.45. The van der Waals surface area contributed by atoms with E-state index in [9.17, 15) is 4.79 Å². The van der Waals surface area contributed by atoms with Crippen molar-refractivity contribution in [1.29, 1.82) is 0 Å². The standard InChI is InChI=1S/C12H11BrN2O/c1-8-3-4-9(7-10(8)13)11(16)12-14-5-6-15(12)2/h3-7H,1-2H3. The van der Waals surface area contributed by atoms with E-state index in [2.05, 4.69) is 20.9 Å². The van der Waals surface area contributed by atoms with Gasteiger partial charge >= 0.3 is 0 Å². The fourth-order valence-corrected chi connectivity index (χ4v) is 1.83. The van der Waals surface area contributed by atoms with Gasteiger partial charge in [0, 0.05) is 29.5 Å². The summed E-state index contributed by atoms with van der Waals surface area (Å²) >= 11 is 3.42. The van der Waals surface area contributed by atoms with Crippen molar-refractivity contribution < 1.29 is 4.79 Å². The maximum atomic E-state index is 12.1. The van der Waals surface area contributed by atoms with Gasteiger partial charge in [0.1, 0.15) is 0 Å².